The number of rotatable bonds is 5. The summed E-state index contributed by atoms with van der Waals surface area (Å²) in [6, 6.07) is 0. The number of ether oxygens (including phenoxy) is 1. The summed E-state index contributed by atoms with van der Waals surface area (Å²) >= 11 is 0. The number of carbonyl (C=O) groups is 1. The van der Waals surface area contributed by atoms with Crippen LogP contribution in [0, 0.1) is 40.4 Å². The third kappa shape index (κ3) is 3.67. The van der Waals surface area contributed by atoms with E-state index < -0.39 is 5.60 Å². The highest BCUT2D eigenvalue weighted by molar-refractivity contribution is 5.69. The highest BCUT2D eigenvalue weighted by atomic mass is 16.5. The van der Waals surface area contributed by atoms with Gasteiger partial charge in [-0.05, 0) is 112 Å². The smallest absolute Gasteiger partial charge is 0.305 e. The van der Waals surface area contributed by atoms with Gasteiger partial charge in [-0.1, -0.05) is 32.4 Å². The highest BCUT2D eigenvalue weighted by Crippen LogP contribution is 2.67. The predicted octanol–water partition coefficient (Wildman–Crippen LogP) is 6.30. The van der Waals surface area contributed by atoms with Gasteiger partial charge in [-0.3, -0.25) is 4.79 Å². The Labute approximate surface area is 184 Å². The van der Waals surface area contributed by atoms with E-state index in [1.165, 1.54) is 32.1 Å². The van der Waals surface area contributed by atoms with Crippen molar-refractivity contribution in [3.05, 3.63) is 11.6 Å². The number of aliphatic hydroxyl groups is 1. The number of carbonyl (C=O) groups excluding carboxylic acids is 1. The molecule has 170 valence electrons. The second-order valence-corrected chi connectivity index (χ2v) is 12.0. The fourth-order valence-electron chi connectivity index (χ4n) is 8.46. The maximum absolute atomic E-state index is 11.9. The van der Waals surface area contributed by atoms with E-state index in [1.54, 1.807) is 5.57 Å². The summed E-state index contributed by atoms with van der Waals surface area (Å²) in [4.78, 5) is 11.9. The van der Waals surface area contributed by atoms with Crippen LogP contribution in [0.1, 0.15) is 98.8 Å². The molecule has 8 atom stereocenters. The number of allylic oxidation sites excluding steroid dienone is 2. The van der Waals surface area contributed by atoms with E-state index in [0.717, 1.165) is 37.5 Å². The van der Waals surface area contributed by atoms with Gasteiger partial charge < -0.3 is 9.84 Å². The molecule has 4 aliphatic rings. The van der Waals surface area contributed by atoms with Crippen molar-refractivity contribution in [3.63, 3.8) is 0 Å². The first-order chi connectivity index (χ1) is 14.1. The zero-order valence-corrected chi connectivity index (χ0v) is 20.0. The van der Waals surface area contributed by atoms with Crippen LogP contribution >= 0.6 is 0 Å². The third-order valence-electron chi connectivity index (χ3n) is 10.2. The molecule has 0 saturated heterocycles. The number of fused-ring (bicyclic) bond motifs is 5. The minimum atomic E-state index is -0.465. The molecule has 30 heavy (non-hydrogen) atoms. The molecule has 0 amide bonds. The van der Waals surface area contributed by atoms with Crippen LogP contribution in [-0.2, 0) is 9.53 Å². The summed E-state index contributed by atoms with van der Waals surface area (Å²) in [5.74, 6) is 3.45. The van der Waals surface area contributed by atoms with Crippen LogP contribution in [0.5, 0.6) is 0 Å². The van der Waals surface area contributed by atoms with Gasteiger partial charge in [0, 0.05) is 6.42 Å². The molecule has 3 heteroatoms. The molecule has 0 bridgehead atoms. The first-order valence-electron chi connectivity index (χ1n) is 12.7. The lowest BCUT2D eigenvalue weighted by Gasteiger charge is -2.58. The van der Waals surface area contributed by atoms with Gasteiger partial charge in [-0.2, -0.15) is 0 Å². The average Bonchev–Trinajstić information content (AvgIpc) is 3.04. The lowest BCUT2D eigenvalue weighted by Crippen LogP contribution is -2.50. The molecule has 0 aromatic carbocycles. The van der Waals surface area contributed by atoms with E-state index in [9.17, 15) is 9.90 Å². The molecule has 0 radical (unpaired) electrons. The lowest BCUT2D eigenvalue weighted by molar-refractivity contribution is -0.143. The van der Waals surface area contributed by atoms with Crippen molar-refractivity contribution in [2.75, 3.05) is 6.61 Å². The first kappa shape index (κ1) is 22.4. The SMILES string of the molecule is CCOC(=O)CC[C@@H](C)[C@H]1CC[C@H]2[C@@H]3CC[C@H]4C[C@@](C)(O)CC[C@]4(C)C3=CC[C@]12C. The molecule has 4 rings (SSSR count). The minimum Gasteiger partial charge on any atom is -0.466 e. The lowest BCUT2D eigenvalue weighted by atomic mass is 9.47. The molecule has 0 aliphatic heterocycles. The Morgan fingerprint density at radius 1 is 1.20 bits per heavy atom. The van der Waals surface area contributed by atoms with Gasteiger partial charge in [0.05, 0.1) is 12.2 Å². The Bertz CT molecular complexity index is 694. The molecular formula is C27H44O3. The summed E-state index contributed by atoms with van der Waals surface area (Å²) in [6.07, 6.45) is 13.7. The van der Waals surface area contributed by atoms with Crippen molar-refractivity contribution in [1.29, 1.82) is 0 Å². The Morgan fingerprint density at radius 3 is 2.70 bits per heavy atom. The Kier molecular flexibility index (Phi) is 5.92. The number of hydrogen-bond acceptors (Lipinski definition) is 3. The van der Waals surface area contributed by atoms with Crippen LogP contribution in [-0.4, -0.2) is 23.3 Å². The van der Waals surface area contributed by atoms with Crippen molar-refractivity contribution < 1.29 is 14.6 Å². The zero-order chi connectivity index (χ0) is 21.7. The first-order valence-corrected chi connectivity index (χ1v) is 12.7. The Hall–Kier alpha value is -0.830. The van der Waals surface area contributed by atoms with Crippen LogP contribution in [0.2, 0.25) is 0 Å². The maximum atomic E-state index is 11.9. The molecule has 0 spiro atoms. The molecule has 3 fully saturated rings. The average molecular weight is 417 g/mol. The Morgan fingerprint density at radius 2 is 1.97 bits per heavy atom. The molecule has 0 heterocycles. The van der Waals surface area contributed by atoms with Gasteiger partial charge in [0.2, 0.25) is 0 Å². The van der Waals surface area contributed by atoms with Crippen LogP contribution in [0.3, 0.4) is 0 Å². The molecule has 0 unspecified atom stereocenters. The van der Waals surface area contributed by atoms with E-state index in [0.29, 0.717) is 41.6 Å². The molecule has 3 saturated carbocycles. The molecule has 0 aromatic rings. The van der Waals surface area contributed by atoms with Crippen LogP contribution < -0.4 is 0 Å². The van der Waals surface area contributed by atoms with E-state index in [1.807, 2.05) is 13.8 Å². The van der Waals surface area contributed by atoms with Crippen molar-refractivity contribution >= 4 is 5.97 Å². The number of esters is 1. The van der Waals surface area contributed by atoms with Crippen LogP contribution in [0.15, 0.2) is 11.6 Å². The fourth-order valence-corrected chi connectivity index (χ4v) is 8.46. The fraction of sp³-hybridized carbons (Fsp3) is 0.889. The standard InChI is InChI=1S/C27H44O3/c1-6-30-24(28)12-7-18(2)21-10-11-22-20-9-8-19-17-25(3,29)15-16-26(19,4)23(20)13-14-27(21,22)5/h13,18-22,29H,6-12,14-17H2,1-5H3/t18-,19+,20+,21-,22+,25+,26+,27-/m1/s1. The van der Waals surface area contributed by atoms with E-state index in [2.05, 4.69) is 26.8 Å². The third-order valence-corrected chi connectivity index (χ3v) is 10.2. The summed E-state index contributed by atoms with van der Waals surface area (Å²) in [7, 11) is 0. The Balaban J connectivity index is 1.50. The monoisotopic (exact) mass is 416 g/mol. The summed E-state index contributed by atoms with van der Waals surface area (Å²) in [5, 5.41) is 10.7. The van der Waals surface area contributed by atoms with Crippen molar-refractivity contribution in [2.24, 2.45) is 40.4 Å². The van der Waals surface area contributed by atoms with E-state index in [-0.39, 0.29) is 5.97 Å². The van der Waals surface area contributed by atoms with Crippen molar-refractivity contribution in [1.82, 2.24) is 0 Å². The van der Waals surface area contributed by atoms with Crippen molar-refractivity contribution in [2.45, 2.75) is 104 Å². The largest absolute Gasteiger partial charge is 0.466 e. The van der Waals surface area contributed by atoms with Gasteiger partial charge in [0.1, 0.15) is 0 Å². The molecule has 0 aromatic heterocycles. The summed E-state index contributed by atoms with van der Waals surface area (Å²) in [6.45, 7) is 11.9. The van der Waals surface area contributed by atoms with Gasteiger partial charge in [-0.25, -0.2) is 0 Å². The number of hydrogen-bond donors (Lipinski definition) is 1. The molecular weight excluding hydrogens is 372 g/mol. The quantitative estimate of drug-likeness (QED) is 0.423. The van der Waals surface area contributed by atoms with Gasteiger partial charge in [0.25, 0.3) is 0 Å². The second-order valence-electron chi connectivity index (χ2n) is 12.0. The van der Waals surface area contributed by atoms with Crippen LogP contribution in [0.4, 0.5) is 0 Å². The predicted molar refractivity (Wildman–Crippen MR) is 121 cm³/mol. The normalized spacial score (nSPS) is 46.3. The van der Waals surface area contributed by atoms with Gasteiger partial charge in [-0.15, -0.1) is 0 Å². The molecule has 3 nitrogen and oxygen atoms in total. The second kappa shape index (κ2) is 7.94. The minimum absolute atomic E-state index is 0.0331. The summed E-state index contributed by atoms with van der Waals surface area (Å²) in [5.41, 5.74) is 1.98. The molecule has 1 N–H and O–H groups in total. The summed E-state index contributed by atoms with van der Waals surface area (Å²) < 4.78 is 5.17. The van der Waals surface area contributed by atoms with Crippen molar-refractivity contribution in [3.8, 4) is 0 Å². The van der Waals surface area contributed by atoms with E-state index >= 15 is 0 Å². The zero-order valence-electron chi connectivity index (χ0n) is 20.0. The topological polar surface area (TPSA) is 46.5 Å². The maximum Gasteiger partial charge on any atom is 0.305 e. The van der Waals surface area contributed by atoms with Gasteiger partial charge in [0.15, 0.2) is 0 Å². The van der Waals surface area contributed by atoms with E-state index in [4.69, 9.17) is 4.74 Å². The van der Waals surface area contributed by atoms with Gasteiger partial charge >= 0.3 is 5.97 Å². The van der Waals surface area contributed by atoms with Crippen LogP contribution in [0.25, 0.3) is 0 Å². The highest BCUT2D eigenvalue weighted by Gasteiger charge is 2.58. The molecule has 4 aliphatic carbocycles.